The van der Waals surface area contributed by atoms with Gasteiger partial charge in [-0.05, 0) is 38.4 Å². The predicted octanol–water partition coefficient (Wildman–Crippen LogP) is 1.18. The first-order valence-electron chi connectivity index (χ1n) is 9.38. The Kier molecular flexibility index (Phi) is 6.33. The molecule has 1 saturated heterocycles. The molecule has 0 aromatic heterocycles. The molecule has 3 N–H and O–H groups in total. The van der Waals surface area contributed by atoms with E-state index < -0.39 is 0 Å². The maximum atomic E-state index is 12.4. The Balaban J connectivity index is 1.40. The maximum Gasteiger partial charge on any atom is 0.317 e. The molecule has 1 aromatic rings. The van der Waals surface area contributed by atoms with Crippen LogP contribution in [0.15, 0.2) is 24.3 Å². The molecule has 1 fully saturated rings. The van der Waals surface area contributed by atoms with Crippen molar-refractivity contribution >= 4 is 11.9 Å². The van der Waals surface area contributed by atoms with Crippen LogP contribution in [0.1, 0.15) is 24.8 Å². The van der Waals surface area contributed by atoms with Gasteiger partial charge >= 0.3 is 6.03 Å². The predicted molar refractivity (Wildman–Crippen MR) is 98.7 cm³/mol. The molecule has 2 aliphatic heterocycles. The van der Waals surface area contributed by atoms with Gasteiger partial charge in [-0.2, -0.15) is 0 Å². The van der Waals surface area contributed by atoms with Crippen LogP contribution in [-0.2, 0) is 11.3 Å². The number of carbonyl (C=O) groups is 2. The Hall–Kier alpha value is -2.28. The van der Waals surface area contributed by atoms with Gasteiger partial charge < -0.3 is 25.6 Å². The summed E-state index contributed by atoms with van der Waals surface area (Å²) >= 11 is 0. The monoisotopic (exact) mass is 360 g/mol. The van der Waals surface area contributed by atoms with Gasteiger partial charge in [0.15, 0.2) is 0 Å². The van der Waals surface area contributed by atoms with Crippen molar-refractivity contribution in [2.24, 2.45) is 11.7 Å². The average Bonchev–Trinajstić information content (AvgIpc) is 2.88. The summed E-state index contributed by atoms with van der Waals surface area (Å²) in [4.78, 5) is 27.8. The molecule has 3 rings (SSSR count). The summed E-state index contributed by atoms with van der Waals surface area (Å²) in [6.45, 7) is 4.88. The van der Waals surface area contributed by atoms with Crippen molar-refractivity contribution in [2.45, 2.75) is 25.8 Å². The molecule has 0 unspecified atom stereocenters. The molecule has 1 aromatic carbocycles. The van der Waals surface area contributed by atoms with Crippen molar-refractivity contribution in [1.29, 1.82) is 0 Å². The first kappa shape index (κ1) is 18.5. The number of amides is 3. The van der Waals surface area contributed by atoms with Gasteiger partial charge in [-0.25, -0.2) is 4.79 Å². The SMILES string of the molecule is NC(=O)[C@@H]1CCCN(CCCNC(=O)N2CCOc3ccccc3C2)C1. The standard InChI is InChI=1S/C19H28N4O3/c20-18(24)16-6-3-9-22(13-16)10-4-8-21-19(25)23-11-12-26-17-7-2-1-5-15(17)14-23/h1-2,5,7,16H,3-4,6,8-14H2,(H2,20,24)(H,21,25)/t16-/m1/s1. The fraction of sp³-hybridized carbons (Fsp3) is 0.579. The molecule has 0 spiro atoms. The molecule has 142 valence electrons. The number of nitrogens with two attached hydrogens (primary N) is 1. The number of para-hydroxylation sites is 1. The van der Waals surface area contributed by atoms with E-state index in [4.69, 9.17) is 10.5 Å². The van der Waals surface area contributed by atoms with Gasteiger partial charge in [0.2, 0.25) is 5.91 Å². The molecule has 2 aliphatic rings. The Morgan fingerprint density at radius 2 is 2.12 bits per heavy atom. The van der Waals surface area contributed by atoms with Crippen molar-refractivity contribution in [3.05, 3.63) is 29.8 Å². The average molecular weight is 360 g/mol. The van der Waals surface area contributed by atoms with Gasteiger partial charge in [0, 0.05) is 18.7 Å². The lowest BCUT2D eigenvalue weighted by Gasteiger charge is -2.31. The fourth-order valence-electron chi connectivity index (χ4n) is 3.60. The van der Waals surface area contributed by atoms with Crippen LogP contribution in [-0.4, -0.2) is 61.1 Å². The number of urea groups is 1. The molecule has 7 nitrogen and oxygen atoms in total. The van der Waals surface area contributed by atoms with E-state index in [0.717, 1.165) is 50.2 Å². The van der Waals surface area contributed by atoms with E-state index >= 15 is 0 Å². The largest absolute Gasteiger partial charge is 0.491 e. The number of rotatable bonds is 5. The number of primary amides is 1. The van der Waals surface area contributed by atoms with E-state index in [1.807, 2.05) is 24.3 Å². The number of hydrogen-bond acceptors (Lipinski definition) is 4. The van der Waals surface area contributed by atoms with E-state index in [0.29, 0.717) is 26.2 Å². The smallest absolute Gasteiger partial charge is 0.317 e. The van der Waals surface area contributed by atoms with Crippen LogP contribution >= 0.6 is 0 Å². The van der Waals surface area contributed by atoms with Gasteiger partial charge in [-0.3, -0.25) is 4.79 Å². The third-order valence-electron chi connectivity index (χ3n) is 5.08. The number of carbonyl (C=O) groups excluding carboxylic acids is 2. The number of nitrogens with one attached hydrogen (secondary N) is 1. The van der Waals surface area contributed by atoms with E-state index in [1.54, 1.807) is 4.90 Å². The van der Waals surface area contributed by atoms with Crippen LogP contribution in [0.3, 0.4) is 0 Å². The van der Waals surface area contributed by atoms with Crippen molar-refractivity contribution in [2.75, 3.05) is 39.3 Å². The van der Waals surface area contributed by atoms with Gasteiger partial charge in [0.05, 0.1) is 19.0 Å². The maximum absolute atomic E-state index is 12.4. The second-order valence-corrected chi connectivity index (χ2v) is 7.01. The van der Waals surface area contributed by atoms with Gasteiger partial charge in [0.25, 0.3) is 0 Å². The lowest BCUT2D eigenvalue weighted by molar-refractivity contribution is -0.123. The highest BCUT2D eigenvalue weighted by atomic mass is 16.5. The minimum absolute atomic E-state index is 0.0319. The molecule has 0 radical (unpaired) electrons. The highest BCUT2D eigenvalue weighted by Crippen LogP contribution is 2.22. The molecule has 2 heterocycles. The Morgan fingerprint density at radius 1 is 1.27 bits per heavy atom. The molecule has 0 bridgehead atoms. The summed E-state index contributed by atoms with van der Waals surface area (Å²) in [5, 5.41) is 3.00. The quantitative estimate of drug-likeness (QED) is 0.772. The second-order valence-electron chi connectivity index (χ2n) is 7.01. The number of likely N-dealkylation sites (tertiary alicyclic amines) is 1. The van der Waals surface area contributed by atoms with Crippen LogP contribution in [0.25, 0.3) is 0 Å². The van der Waals surface area contributed by atoms with Gasteiger partial charge in [0.1, 0.15) is 12.4 Å². The van der Waals surface area contributed by atoms with Crippen molar-refractivity contribution in [1.82, 2.24) is 15.1 Å². The molecule has 1 atom stereocenters. The minimum atomic E-state index is -0.202. The number of fused-ring (bicyclic) bond motifs is 1. The molecule has 0 aliphatic carbocycles. The number of nitrogens with zero attached hydrogens (tertiary/aromatic N) is 2. The molecular formula is C19H28N4O3. The Labute approximate surface area is 154 Å². The summed E-state index contributed by atoms with van der Waals surface area (Å²) in [6.07, 6.45) is 2.76. The van der Waals surface area contributed by atoms with Gasteiger partial charge in [-0.15, -0.1) is 0 Å². The molecular weight excluding hydrogens is 332 g/mol. The zero-order valence-corrected chi connectivity index (χ0v) is 15.2. The Bertz CT molecular complexity index is 637. The summed E-state index contributed by atoms with van der Waals surface area (Å²) in [6, 6.07) is 7.78. The normalized spacial score (nSPS) is 20.6. The van der Waals surface area contributed by atoms with Crippen LogP contribution in [0.2, 0.25) is 0 Å². The summed E-state index contributed by atoms with van der Waals surface area (Å²) in [7, 11) is 0. The highest BCUT2D eigenvalue weighted by Gasteiger charge is 2.23. The minimum Gasteiger partial charge on any atom is -0.491 e. The molecule has 26 heavy (non-hydrogen) atoms. The first-order valence-corrected chi connectivity index (χ1v) is 9.38. The topological polar surface area (TPSA) is 87.9 Å². The summed E-state index contributed by atoms with van der Waals surface area (Å²) in [5.41, 5.74) is 6.45. The highest BCUT2D eigenvalue weighted by molar-refractivity contribution is 5.77. The van der Waals surface area contributed by atoms with E-state index in [-0.39, 0.29) is 17.9 Å². The number of ether oxygens (including phenoxy) is 1. The van der Waals surface area contributed by atoms with E-state index in [2.05, 4.69) is 10.2 Å². The number of hydrogen-bond donors (Lipinski definition) is 2. The summed E-state index contributed by atoms with van der Waals surface area (Å²) < 4.78 is 5.70. The first-order chi connectivity index (χ1) is 12.6. The number of benzene rings is 1. The van der Waals surface area contributed by atoms with Crippen LogP contribution < -0.4 is 15.8 Å². The second kappa shape index (κ2) is 8.89. The third kappa shape index (κ3) is 4.88. The lowest BCUT2D eigenvalue weighted by Crippen LogP contribution is -2.43. The molecule has 7 heteroatoms. The van der Waals surface area contributed by atoms with Gasteiger partial charge in [-0.1, -0.05) is 18.2 Å². The molecule has 3 amide bonds. The van der Waals surface area contributed by atoms with Crippen LogP contribution in [0, 0.1) is 5.92 Å². The lowest BCUT2D eigenvalue weighted by atomic mass is 9.97. The van der Waals surface area contributed by atoms with E-state index in [9.17, 15) is 9.59 Å². The third-order valence-corrected chi connectivity index (χ3v) is 5.08. The van der Waals surface area contributed by atoms with Crippen LogP contribution in [0.5, 0.6) is 5.75 Å². The zero-order chi connectivity index (χ0) is 18.4. The van der Waals surface area contributed by atoms with Crippen LogP contribution in [0.4, 0.5) is 4.79 Å². The fourth-order valence-corrected chi connectivity index (χ4v) is 3.60. The van der Waals surface area contributed by atoms with Crippen molar-refractivity contribution < 1.29 is 14.3 Å². The Morgan fingerprint density at radius 3 is 2.96 bits per heavy atom. The van der Waals surface area contributed by atoms with Crippen molar-refractivity contribution in [3.8, 4) is 5.75 Å². The van der Waals surface area contributed by atoms with E-state index in [1.165, 1.54) is 0 Å². The van der Waals surface area contributed by atoms with Crippen molar-refractivity contribution in [3.63, 3.8) is 0 Å². The number of piperidine rings is 1. The zero-order valence-electron chi connectivity index (χ0n) is 15.2. The molecule has 0 saturated carbocycles. The summed E-state index contributed by atoms with van der Waals surface area (Å²) in [5.74, 6) is 0.624.